The molecule has 1 heterocycles. The number of aromatic nitrogens is 2. The van der Waals surface area contributed by atoms with Crippen molar-refractivity contribution in [3.05, 3.63) is 41.2 Å². The maximum Gasteiger partial charge on any atom is 0.281 e. The quantitative estimate of drug-likeness (QED) is 0.510. The van der Waals surface area contributed by atoms with Gasteiger partial charge in [0.15, 0.2) is 5.69 Å². The van der Waals surface area contributed by atoms with Gasteiger partial charge in [-0.2, -0.15) is 4.12 Å². The summed E-state index contributed by atoms with van der Waals surface area (Å²) in [6, 6.07) is 9.56. The molecule has 13 heavy (non-hydrogen) atoms. The predicted octanol–water partition coefficient (Wildman–Crippen LogP) is 1.75. The molecule has 66 valence electrons. The predicted molar refractivity (Wildman–Crippen MR) is 51.2 cm³/mol. The van der Waals surface area contributed by atoms with Crippen molar-refractivity contribution in [2.24, 2.45) is 0 Å². The van der Waals surface area contributed by atoms with E-state index in [1.165, 1.54) is 0 Å². The zero-order valence-electron chi connectivity index (χ0n) is 7.10. The van der Waals surface area contributed by atoms with Crippen molar-refractivity contribution in [2.45, 2.75) is 6.92 Å². The van der Waals surface area contributed by atoms with Crippen molar-refractivity contribution in [1.82, 2.24) is 4.37 Å². The first kappa shape index (κ1) is 8.19. The molecule has 0 aliphatic heterocycles. The lowest BCUT2D eigenvalue weighted by atomic mass is 10.1. The van der Waals surface area contributed by atoms with Crippen molar-refractivity contribution in [1.29, 1.82) is 0 Å². The van der Waals surface area contributed by atoms with Crippen LogP contribution in [0.25, 0.3) is 11.3 Å². The standard InChI is InChI=1S/C9H8N2OS/c1-7-9(11(12)13-10-7)8-5-3-2-4-6-8/h2-6H,1H3. The molecule has 0 aliphatic carbocycles. The van der Waals surface area contributed by atoms with Crippen LogP contribution in [0.5, 0.6) is 0 Å². The molecule has 0 fully saturated rings. The van der Waals surface area contributed by atoms with Crippen LogP contribution in [-0.4, -0.2) is 4.37 Å². The normalized spacial score (nSPS) is 10.2. The van der Waals surface area contributed by atoms with Crippen molar-refractivity contribution in [3.8, 4) is 11.3 Å². The van der Waals surface area contributed by atoms with Gasteiger partial charge in [0.25, 0.3) is 11.7 Å². The molecule has 4 heteroatoms. The fourth-order valence-corrected chi connectivity index (χ4v) is 1.83. The third-order valence-corrected chi connectivity index (χ3v) is 2.51. The van der Waals surface area contributed by atoms with E-state index in [1.54, 1.807) is 0 Å². The number of nitrogens with zero attached hydrogens (tertiary/aromatic N) is 2. The summed E-state index contributed by atoms with van der Waals surface area (Å²) in [6.07, 6.45) is 0. The van der Waals surface area contributed by atoms with Crippen LogP contribution >= 0.6 is 11.7 Å². The zero-order chi connectivity index (χ0) is 9.26. The molecular weight excluding hydrogens is 184 g/mol. The first-order chi connectivity index (χ1) is 6.29. The molecule has 0 N–H and O–H groups in total. The minimum atomic E-state index is 0.658. The monoisotopic (exact) mass is 192 g/mol. The maximum absolute atomic E-state index is 11.3. The van der Waals surface area contributed by atoms with Crippen molar-refractivity contribution in [2.75, 3.05) is 0 Å². The van der Waals surface area contributed by atoms with Gasteiger partial charge in [-0.25, -0.2) is 0 Å². The highest BCUT2D eigenvalue weighted by Crippen LogP contribution is 2.18. The highest BCUT2D eigenvalue weighted by atomic mass is 32.1. The van der Waals surface area contributed by atoms with E-state index in [0.717, 1.165) is 27.1 Å². The maximum atomic E-state index is 11.3. The number of hydrogen-bond acceptors (Lipinski definition) is 3. The van der Waals surface area contributed by atoms with Crippen LogP contribution in [0.15, 0.2) is 30.3 Å². The Bertz CT molecular complexity index is 391. The average molecular weight is 192 g/mol. The summed E-state index contributed by atoms with van der Waals surface area (Å²) in [6.45, 7) is 1.84. The minimum Gasteiger partial charge on any atom is -0.700 e. The van der Waals surface area contributed by atoms with Gasteiger partial charge in [0, 0.05) is 16.9 Å². The van der Waals surface area contributed by atoms with E-state index in [9.17, 15) is 5.21 Å². The summed E-state index contributed by atoms with van der Waals surface area (Å²) in [4.78, 5) is 0. The molecule has 0 spiro atoms. The first-order valence-electron chi connectivity index (χ1n) is 3.91. The Morgan fingerprint density at radius 3 is 2.54 bits per heavy atom. The highest BCUT2D eigenvalue weighted by Gasteiger charge is 2.15. The summed E-state index contributed by atoms with van der Waals surface area (Å²) in [7, 11) is 0. The number of benzene rings is 1. The third-order valence-electron chi connectivity index (χ3n) is 1.82. The number of aryl methyl sites for hydroxylation is 1. The van der Waals surface area contributed by atoms with Gasteiger partial charge in [-0.1, -0.05) is 30.3 Å². The minimum absolute atomic E-state index is 0.658. The summed E-state index contributed by atoms with van der Waals surface area (Å²) < 4.78 is 4.82. The van der Waals surface area contributed by atoms with Crippen molar-refractivity contribution in [3.63, 3.8) is 0 Å². The van der Waals surface area contributed by atoms with Gasteiger partial charge in [-0.3, -0.25) is 0 Å². The van der Waals surface area contributed by atoms with Crippen LogP contribution < -0.4 is 4.12 Å². The SMILES string of the molecule is Cc1ns[n+]([O-])c1-c1ccccc1. The van der Waals surface area contributed by atoms with E-state index in [-0.39, 0.29) is 0 Å². The Morgan fingerprint density at radius 1 is 1.31 bits per heavy atom. The molecule has 0 unspecified atom stereocenters. The Labute approximate surface area is 80.2 Å². The van der Waals surface area contributed by atoms with Gasteiger partial charge in [-0.15, -0.1) is 0 Å². The third kappa shape index (κ3) is 1.40. The molecule has 0 amide bonds. The Kier molecular flexibility index (Phi) is 1.98. The van der Waals surface area contributed by atoms with Crippen LogP contribution in [-0.2, 0) is 0 Å². The fraction of sp³-hybridized carbons (Fsp3) is 0.111. The second-order valence-corrected chi connectivity index (χ2v) is 3.41. The molecule has 1 aromatic heterocycles. The van der Waals surface area contributed by atoms with Crippen LogP contribution in [0.2, 0.25) is 0 Å². The van der Waals surface area contributed by atoms with Gasteiger partial charge < -0.3 is 5.21 Å². The van der Waals surface area contributed by atoms with Crippen LogP contribution in [0, 0.1) is 12.1 Å². The summed E-state index contributed by atoms with van der Waals surface area (Å²) in [5.41, 5.74) is 2.36. The summed E-state index contributed by atoms with van der Waals surface area (Å²) in [5.74, 6) is 0. The van der Waals surface area contributed by atoms with Gasteiger partial charge in [0.2, 0.25) is 5.69 Å². The van der Waals surface area contributed by atoms with Crippen molar-refractivity contribution < 1.29 is 4.12 Å². The molecule has 0 aliphatic rings. The topological polar surface area (TPSA) is 39.8 Å². The second kappa shape index (κ2) is 3.14. The Hall–Kier alpha value is -1.42. The Morgan fingerprint density at radius 2 is 2.00 bits per heavy atom. The molecule has 0 atom stereocenters. The van der Waals surface area contributed by atoms with E-state index < -0.39 is 0 Å². The summed E-state index contributed by atoms with van der Waals surface area (Å²) in [5, 5.41) is 11.3. The summed E-state index contributed by atoms with van der Waals surface area (Å²) >= 11 is 0.937. The van der Waals surface area contributed by atoms with E-state index in [1.807, 2.05) is 37.3 Å². The van der Waals surface area contributed by atoms with Crippen LogP contribution in [0.4, 0.5) is 0 Å². The molecule has 0 radical (unpaired) electrons. The van der Waals surface area contributed by atoms with Crippen LogP contribution in [0.3, 0.4) is 0 Å². The molecule has 2 rings (SSSR count). The zero-order valence-corrected chi connectivity index (χ0v) is 7.91. The number of hydrogen-bond donors (Lipinski definition) is 0. The largest absolute Gasteiger partial charge is 0.700 e. The average Bonchev–Trinajstić information content (AvgIpc) is 2.48. The highest BCUT2D eigenvalue weighted by molar-refractivity contribution is 6.95. The molecule has 3 nitrogen and oxygen atoms in total. The lowest BCUT2D eigenvalue weighted by molar-refractivity contribution is -0.518. The lowest BCUT2D eigenvalue weighted by Crippen LogP contribution is -2.22. The van der Waals surface area contributed by atoms with Crippen molar-refractivity contribution >= 4 is 11.7 Å². The van der Waals surface area contributed by atoms with Gasteiger partial charge >= 0.3 is 0 Å². The lowest BCUT2D eigenvalue weighted by Gasteiger charge is -2.00. The fourth-order valence-electron chi connectivity index (χ4n) is 1.22. The van der Waals surface area contributed by atoms with Gasteiger partial charge in [0.05, 0.1) is 0 Å². The van der Waals surface area contributed by atoms with E-state index in [4.69, 9.17) is 0 Å². The molecule has 0 saturated heterocycles. The molecule has 1 aromatic carbocycles. The smallest absolute Gasteiger partial charge is 0.281 e. The molecule has 0 bridgehead atoms. The van der Waals surface area contributed by atoms with Gasteiger partial charge in [-0.05, 0) is 0 Å². The Balaban J connectivity index is 2.59. The van der Waals surface area contributed by atoms with E-state index in [2.05, 4.69) is 4.37 Å². The number of rotatable bonds is 1. The van der Waals surface area contributed by atoms with Gasteiger partial charge in [0.1, 0.15) is 0 Å². The molecule has 2 aromatic rings. The van der Waals surface area contributed by atoms with E-state index in [0.29, 0.717) is 5.69 Å². The molecular formula is C9H8N2OS. The van der Waals surface area contributed by atoms with Crippen LogP contribution in [0.1, 0.15) is 5.69 Å². The van der Waals surface area contributed by atoms with E-state index >= 15 is 0 Å². The first-order valence-corrected chi connectivity index (χ1v) is 4.64. The molecule has 0 saturated carbocycles. The second-order valence-electron chi connectivity index (χ2n) is 2.73.